The monoisotopic (exact) mass is 287 g/mol. The van der Waals surface area contributed by atoms with Gasteiger partial charge in [0.15, 0.2) is 5.82 Å². The molecule has 0 aliphatic heterocycles. The normalized spacial score (nSPS) is 10.7. The fourth-order valence-electron chi connectivity index (χ4n) is 2.01. The summed E-state index contributed by atoms with van der Waals surface area (Å²) < 4.78 is 0. The Balaban J connectivity index is 2.25. The Hall–Kier alpha value is -2.50. The number of aromatic nitrogens is 2. The molecule has 0 bridgehead atoms. The number of aromatic amines is 1. The van der Waals surface area contributed by atoms with Crippen LogP contribution in [0.25, 0.3) is 0 Å². The molecule has 1 amide bonds. The molecule has 6 heteroatoms. The second-order valence-corrected chi connectivity index (χ2v) is 5.49. The number of nitrogens with zero attached hydrogens (tertiary/aromatic N) is 2. The molecule has 1 aromatic carbocycles. The lowest BCUT2D eigenvalue weighted by atomic mass is 10.1. The lowest BCUT2D eigenvalue weighted by Gasteiger charge is -2.17. The molecule has 0 aliphatic carbocycles. The smallest absolute Gasteiger partial charge is 0.259 e. The van der Waals surface area contributed by atoms with Gasteiger partial charge in [-0.25, -0.2) is 0 Å². The zero-order valence-electron chi connectivity index (χ0n) is 12.8. The van der Waals surface area contributed by atoms with E-state index in [0.717, 1.165) is 11.4 Å². The Morgan fingerprint density at radius 3 is 2.62 bits per heavy atom. The molecule has 1 heterocycles. The first-order valence-corrected chi connectivity index (χ1v) is 6.82. The second kappa shape index (κ2) is 5.87. The van der Waals surface area contributed by atoms with Crippen molar-refractivity contribution in [3.63, 3.8) is 0 Å². The van der Waals surface area contributed by atoms with Gasteiger partial charge in [0.05, 0.1) is 5.56 Å². The standard InChI is InChI=1S/C15H21N5O/c1-9(2)12-8-14(19-18-12)17-15(21)11-7-10(16)5-6-13(11)20(3)4/h5-9H,16H2,1-4H3,(H2,17,18,19,21). The molecule has 4 N–H and O–H groups in total. The van der Waals surface area contributed by atoms with E-state index in [-0.39, 0.29) is 5.91 Å². The maximum atomic E-state index is 12.4. The van der Waals surface area contributed by atoms with E-state index in [2.05, 4.69) is 29.4 Å². The third-order valence-corrected chi connectivity index (χ3v) is 3.21. The molecule has 0 atom stereocenters. The van der Waals surface area contributed by atoms with Gasteiger partial charge in [-0.2, -0.15) is 5.10 Å². The topological polar surface area (TPSA) is 87.0 Å². The van der Waals surface area contributed by atoms with Crippen LogP contribution in [0.5, 0.6) is 0 Å². The van der Waals surface area contributed by atoms with E-state index in [9.17, 15) is 4.79 Å². The van der Waals surface area contributed by atoms with E-state index >= 15 is 0 Å². The summed E-state index contributed by atoms with van der Waals surface area (Å²) in [6.45, 7) is 4.11. The zero-order valence-corrected chi connectivity index (χ0v) is 12.8. The van der Waals surface area contributed by atoms with Gasteiger partial charge in [-0.1, -0.05) is 13.8 Å². The van der Waals surface area contributed by atoms with Crippen molar-refractivity contribution in [1.82, 2.24) is 10.2 Å². The van der Waals surface area contributed by atoms with Gasteiger partial charge in [-0.3, -0.25) is 9.89 Å². The molecule has 0 fully saturated rings. The molecule has 0 saturated carbocycles. The number of nitrogens with one attached hydrogen (secondary N) is 2. The minimum atomic E-state index is -0.229. The van der Waals surface area contributed by atoms with Crippen molar-refractivity contribution in [3.05, 3.63) is 35.5 Å². The lowest BCUT2D eigenvalue weighted by Crippen LogP contribution is -2.19. The van der Waals surface area contributed by atoms with Crippen LogP contribution in [0.2, 0.25) is 0 Å². The Morgan fingerprint density at radius 2 is 2.05 bits per heavy atom. The van der Waals surface area contributed by atoms with E-state index < -0.39 is 0 Å². The lowest BCUT2D eigenvalue weighted by molar-refractivity contribution is 0.102. The number of benzene rings is 1. The molecule has 0 aliphatic rings. The van der Waals surface area contributed by atoms with Crippen molar-refractivity contribution in [2.45, 2.75) is 19.8 Å². The second-order valence-electron chi connectivity index (χ2n) is 5.49. The highest BCUT2D eigenvalue weighted by molar-refractivity contribution is 6.08. The molecule has 21 heavy (non-hydrogen) atoms. The van der Waals surface area contributed by atoms with Gasteiger partial charge in [0.2, 0.25) is 0 Å². The van der Waals surface area contributed by atoms with Gasteiger partial charge < -0.3 is 16.0 Å². The maximum absolute atomic E-state index is 12.4. The summed E-state index contributed by atoms with van der Waals surface area (Å²) in [5, 5.41) is 9.80. The van der Waals surface area contributed by atoms with E-state index in [1.165, 1.54) is 0 Å². The highest BCUT2D eigenvalue weighted by Gasteiger charge is 2.15. The minimum absolute atomic E-state index is 0.229. The number of hydrogen-bond donors (Lipinski definition) is 3. The Kier molecular flexibility index (Phi) is 4.16. The molecule has 2 aromatic rings. The Bertz CT molecular complexity index is 645. The number of amides is 1. The van der Waals surface area contributed by atoms with Crippen LogP contribution in [0.1, 0.15) is 35.8 Å². The molecule has 0 unspecified atom stereocenters. The van der Waals surface area contributed by atoms with Crippen LogP contribution in [0.15, 0.2) is 24.3 Å². The van der Waals surface area contributed by atoms with E-state index in [1.54, 1.807) is 12.1 Å². The van der Waals surface area contributed by atoms with Crippen LogP contribution in [0, 0.1) is 0 Å². The van der Waals surface area contributed by atoms with Gasteiger partial charge >= 0.3 is 0 Å². The highest BCUT2D eigenvalue weighted by atomic mass is 16.1. The number of carbonyl (C=O) groups excluding carboxylic acids is 1. The summed E-state index contributed by atoms with van der Waals surface area (Å²) in [6.07, 6.45) is 0. The van der Waals surface area contributed by atoms with E-state index in [4.69, 9.17) is 5.73 Å². The van der Waals surface area contributed by atoms with Gasteiger partial charge in [-0.15, -0.1) is 0 Å². The van der Waals surface area contributed by atoms with Crippen molar-refractivity contribution in [2.75, 3.05) is 30.0 Å². The molecule has 112 valence electrons. The molecule has 2 rings (SSSR count). The first-order valence-electron chi connectivity index (χ1n) is 6.82. The SMILES string of the molecule is CC(C)c1cc(NC(=O)c2cc(N)ccc2N(C)C)n[nH]1. The molecule has 1 aromatic heterocycles. The number of rotatable bonds is 4. The van der Waals surface area contributed by atoms with Crippen LogP contribution in [-0.2, 0) is 0 Å². The average molecular weight is 287 g/mol. The predicted octanol–water partition coefficient (Wildman–Crippen LogP) is 2.43. The first-order chi connectivity index (χ1) is 9.88. The summed E-state index contributed by atoms with van der Waals surface area (Å²) in [5.41, 5.74) is 8.64. The number of anilines is 3. The summed E-state index contributed by atoms with van der Waals surface area (Å²) in [7, 11) is 3.77. The van der Waals surface area contributed by atoms with Gasteiger partial charge in [0.25, 0.3) is 5.91 Å². The maximum Gasteiger partial charge on any atom is 0.259 e. The van der Waals surface area contributed by atoms with Crippen LogP contribution in [0.3, 0.4) is 0 Å². The fourth-order valence-corrected chi connectivity index (χ4v) is 2.01. The number of carbonyl (C=O) groups is 1. The molecule has 6 nitrogen and oxygen atoms in total. The van der Waals surface area contributed by atoms with Gasteiger partial charge in [0, 0.05) is 37.2 Å². The minimum Gasteiger partial charge on any atom is -0.399 e. The average Bonchev–Trinajstić information content (AvgIpc) is 2.86. The fraction of sp³-hybridized carbons (Fsp3) is 0.333. The Labute approximate surface area is 124 Å². The van der Waals surface area contributed by atoms with Crippen molar-refractivity contribution >= 4 is 23.1 Å². The molecule has 0 radical (unpaired) electrons. The van der Waals surface area contributed by atoms with Gasteiger partial charge in [-0.05, 0) is 24.1 Å². The molecular weight excluding hydrogens is 266 g/mol. The van der Waals surface area contributed by atoms with Crippen molar-refractivity contribution < 1.29 is 4.79 Å². The molecular formula is C15H21N5O. The van der Waals surface area contributed by atoms with Gasteiger partial charge in [0.1, 0.15) is 0 Å². The Morgan fingerprint density at radius 1 is 1.33 bits per heavy atom. The van der Waals surface area contributed by atoms with Crippen molar-refractivity contribution in [3.8, 4) is 0 Å². The number of H-pyrrole nitrogens is 1. The predicted molar refractivity (Wildman–Crippen MR) is 85.8 cm³/mol. The third-order valence-electron chi connectivity index (χ3n) is 3.21. The number of nitrogen functional groups attached to an aromatic ring is 1. The van der Waals surface area contributed by atoms with Crippen LogP contribution >= 0.6 is 0 Å². The van der Waals surface area contributed by atoms with Crippen LogP contribution in [0.4, 0.5) is 17.2 Å². The third kappa shape index (κ3) is 3.34. The first kappa shape index (κ1) is 14.9. The zero-order chi connectivity index (χ0) is 15.6. The van der Waals surface area contributed by atoms with Crippen molar-refractivity contribution in [1.29, 1.82) is 0 Å². The molecule has 0 spiro atoms. The molecule has 0 saturated heterocycles. The summed E-state index contributed by atoms with van der Waals surface area (Å²) >= 11 is 0. The van der Waals surface area contributed by atoms with E-state index in [1.807, 2.05) is 31.1 Å². The summed E-state index contributed by atoms with van der Waals surface area (Å²) in [6, 6.07) is 7.11. The van der Waals surface area contributed by atoms with E-state index in [0.29, 0.717) is 23.0 Å². The quantitative estimate of drug-likeness (QED) is 0.754. The summed E-state index contributed by atoms with van der Waals surface area (Å²) in [4.78, 5) is 14.3. The highest BCUT2D eigenvalue weighted by Crippen LogP contribution is 2.23. The largest absolute Gasteiger partial charge is 0.399 e. The van der Waals surface area contributed by atoms with Crippen LogP contribution in [-0.4, -0.2) is 30.2 Å². The van der Waals surface area contributed by atoms with Crippen LogP contribution < -0.4 is 16.0 Å². The summed E-state index contributed by atoms with van der Waals surface area (Å²) in [5.74, 6) is 0.608. The number of nitrogens with two attached hydrogens (primary N) is 1. The van der Waals surface area contributed by atoms with Crippen molar-refractivity contribution in [2.24, 2.45) is 0 Å². The number of hydrogen-bond acceptors (Lipinski definition) is 4.